The molecule has 0 bridgehead atoms. The highest BCUT2D eigenvalue weighted by molar-refractivity contribution is 7.89. The van der Waals surface area contributed by atoms with Crippen molar-refractivity contribution >= 4 is 38.4 Å². The third kappa shape index (κ3) is 4.31. The molecule has 32 heavy (non-hydrogen) atoms. The molecule has 1 aromatic carbocycles. The van der Waals surface area contributed by atoms with E-state index in [0.29, 0.717) is 34.9 Å². The van der Waals surface area contributed by atoms with Gasteiger partial charge in [-0.2, -0.15) is 4.31 Å². The molecule has 4 rings (SSSR count). The van der Waals surface area contributed by atoms with Gasteiger partial charge in [-0.25, -0.2) is 18.2 Å². The number of nitrogens with zero attached hydrogens (tertiary/aromatic N) is 2. The first-order valence-electron chi connectivity index (χ1n) is 9.91. The summed E-state index contributed by atoms with van der Waals surface area (Å²) in [5, 5.41) is 4.84. The van der Waals surface area contributed by atoms with Gasteiger partial charge in [0.05, 0.1) is 17.7 Å². The lowest BCUT2D eigenvalue weighted by atomic mass is 10.2. The van der Waals surface area contributed by atoms with Crippen molar-refractivity contribution < 1.29 is 22.7 Å². The quantitative estimate of drug-likeness (QED) is 0.530. The van der Waals surface area contributed by atoms with Crippen LogP contribution in [0.2, 0.25) is 0 Å². The van der Waals surface area contributed by atoms with Gasteiger partial charge in [0.2, 0.25) is 15.9 Å². The molecule has 0 aliphatic carbocycles. The number of aromatic amines is 1. The molecule has 3 aromatic rings. The van der Waals surface area contributed by atoms with Crippen molar-refractivity contribution in [3.05, 3.63) is 53.2 Å². The molecule has 2 aromatic heterocycles. The van der Waals surface area contributed by atoms with E-state index in [9.17, 15) is 18.0 Å². The summed E-state index contributed by atoms with van der Waals surface area (Å²) in [4.78, 5) is 31.9. The SMILES string of the molecule is COC(=O)c1cc(-c2csc(NC(=O)[C@@H]3CCCN3S(=O)(=O)c3ccc(C)cc3)n2)c[nH]1. The lowest BCUT2D eigenvalue weighted by Gasteiger charge is -2.23. The van der Waals surface area contributed by atoms with Gasteiger partial charge in [0.25, 0.3) is 0 Å². The summed E-state index contributed by atoms with van der Waals surface area (Å²) in [5.74, 6) is -0.903. The van der Waals surface area contributed by atoms with Crippen LogP contribution in [0.15, 0.2) is 46.8 Å². The Bertz CT molecular complexity index is 1250. The molecule has 1 amide bonds. The van der Waals surface area contributed by atoms with Crippen molar-refractivity contribution in [3.8, 4) is 11.3 Å². The number of hydrogen-bond donors (Lipinski definition) is 2. The van der Waals surface area contributed by atoms with Crippen LogP contribution in [0.5, 0.6) is 0 Å². The normalized spacial score (nSPS) is 16.8. The van der Waals surface area contributed by atoms with Gasteiger partial charge in [-0.1, -0.05) is 17.7 Å². The summed E-state index contributed by atoms with van der Waals surface area (Å²) in [6.07, 6.45) is 2.67. The van der Waals surface area contributed by atoms with E-state index in [4.69, 9.17) is 0 Å². The van der Waals surface area contributed by atoms with Crippen molar-refractivity contribution in [2.24, 2.45) is 0 Å². The van der Waals surface area contributed by atoms with E-state index in [2.05, 4.69) is 20.0 Å². The standard InChI is InChI=1S/C21H22N4O5S2/c1-13-5-7-15(8-6-13)32(28,29)25-9-3-4-18(25)19(26)24-21-23-17(12-31-21)14-10-16(22-11-14)20(27)30-2/h5-8,10-12,18,22H,3-4,9H2,1-2H3,(H,23,24,26)/t18-/m0/s1. The first-order chi connectivity index (χ1) is 15.3. The zero-order valence-corrected chi connectivity index (χ0v) is 19.1. The number of aromatic nitrogens is 2. The maximum Gasteiger partial charge on any atom is 0.354 e. The smallest absolute Gasteiger partial charge is 0.354 e. The molecule has 9 nitrogen and oxygen atoms in total. The third-order valence-corrected chi connectivity index (χ3v) is 7.93. The fourth-order valence-corrected chi connectivity index (χ4v) is 5.94. The molecule has 1 saturated heterocycles. The summed E-state index contributed by atoms with van der Waals surface area (Å²) in [6.45, 7) is 2.17. The predicted octanol–water partition coefficient (Wildman–Crippen LogP) is 3.03. The van der Waals surface area contributed by atoms with Gasteiger partial charge in [0.15, 0.2) is 5.13 Å². The molecule has 2 N–H and O–H groups in total. The fourth-order valence-electron chi connectivity index (χ4n) is 3.56. The average molecular weight is 475 g/mol. The minimum Gasteiger partial charge on any atom is -0.464 e. The molecule has 168 valence electrons. The molecule has 0 saturated carbocycles. The number of sulfonamides is 1. The number of nitrogens with one attached hydrogen (secondary N) is 2. The summed E-state index contributed by atoms with van der Waals surface area (Å²) >= 11 is 1.22. The number of amides is 1. The second kappa shape index (κ2) is 8.85. The highest BCUT2D eigenvalue weighted by Gasteiger charge is 2.39. The van der Waals surface area contributed by atoms with Crippen LogP contribution in [0.25, 0.3) is 11.3 Å². The molecule has 0 radical (unpaired) electrons. The number of esters is 1. The van der Waals surface area contributed by atoms with Gasteiger partial charge in [0, 0.05) is 23.7 Å². The van der Waals surface area contributed by atoms with Gasteiger partial charge in [-0.05, 0) is 38.0 Å². The van der Waals surface area contributed by atoms with Crippen molar-refractivity contribution in [3.63, 3.8) is 0 Å². The van der Waals surface area contributed by atoms with Gasteiger partial charge < -0.3 is 15.0 Å². The van der Waals surface area contributed by atoms with Gasteiger partial charge in [-0.15, -0.1) is 11.3 Å². The van der Waals surface area contributed by atoms with Gasteiger partial charge in [0.1, 0.15) is 11.7 Å². The highest BCUT2D eigenvalue weighted by Crippen LogP contribution is 2.29. The van der Waals surface area contributed by atoms with Crippen molar-refractivity contribution in [1.29, 1.82) is 0 Å². The molecule has 3 heterocycles. The van der Waals surface area contributed by atoms with Crippen LogP contribution < -0.4 is 5.32 Å². The molecule has 1 atom stereocenters. The van der Waals surface area contributed by atoms with Crippen LogP contribution in [-0.4, -0.2) is 54.3 Å². The highest BCUT2D eigenvalue weighted by atomic mass is 32.2. The Morgan fingerprint density at radius 1 is 1.28 bits per heavy atom. The number of hydrogen-bond acceptors (Lipinski definition) is 7. The number of H-pyrrole nitrogens is 1. The van der Waals surface area contributed by atoms with Crippen LogP contribution >= 0.6 is 11.3 Å². The molecule has 1 fully saturated rings. The van der Waals surface area contributed by atoms with Crippen molar-refractivity contribution in [2.45, 2.75) is 30.7 Å². The van der Waals surface area contributed by atoms with E-state index in [1.807, 2.05) is 6.92 Å². The van der Waals surface area contributed by atoms with Crippen LogP contribution in [-0.2, 0) is 19.6 Å². The van der Waals surface area contributed by atoms with Crippen LogP contribution in [0.1, 0.15) is 28.9 Å². The first-order valence-corrected chi connectivity index (χ1v) is 12.2. The largest absolute Gasteiger partial charge is 0.464 e. The van der Waals surface area contributed by atoms with E-state index in [1.165, 1.54) is 22.8 Å². The Morgan fingerprint density at radius 3 is 2.75 bits per heavy atom. The number of rotatable bonds is 6. The number of anilines is 1. The molecule has 1 aliphatic rings. The number of carbonyl (C=O) groups excluding carboxylic acids is 2. The summed E-state index contributed by atoms with van der Waals surface area (Å²) in [7, 11) is -2.48. The van der Waals surface area contributed by atoms with Crippen LogP contribution in [0.4, 0.5) is 5.13 Å². The van der Waals surface area contributed by atoms with E-state index < -0.39 is 27.9 Å². The lowest BCUT2D eigenvalue weighted by molar-refractivity contribution is -0.119. The van der Waals surface area contributed by atoms with Gasteiger partial charge >= 0.3 is 5.97 Å². The van der Waals surface area contributed by atoms with Crippen LogP contribution in [0, 0.1) is 6.92 Å². The van der Waals surface area contributed by atoms with E-state index in [0.717, 1.165) is 5.56 Å². The molecule has 1 aliphatic heterocycles. The minimum atomic E-state index is -3.78. The maximum absolute atomic E-state index is 13.1. The maximum atomic E-state index is 13.1. The molecule has 0 spiro atoms. The minimum absolute atomic E-state index is 0.174. The zero-order chi connectivity index (χ0) is 22.9. The average Bonchev–Trinajstić information content (AvgIpc) is 3.53. The van der Waals surface area contributed by atoms with Crippen LogP contribution in [0.3, 0.4) is 0 Å². The lowest BCUT2D eigenvalue weighted by Crippen LogP contribution is -2.43. The third-order valence-electron chi connectivity index (χ3n) is 5.25. The van der Waals surface area contributed by atoms with Crippen molar-refractivity contribution in [2.75, 3.05) is 19.0 Å². The second-order valence-corrected chi connectivity index (χ2v) is 10.2. The Labute approximate surface area is 189 Å². The number of aryl methyl sites for hydroxylation is 1. The zero-order valence-electron chi connectivity index (χ0n) is 17.5. The monoisotopic (exact) mass is 474 g/mol. The fraction of sp³-hybridized carbons (Fsp3) is 0.286. The topological polar surface area (TPSA) is 121 Å². The number of thiazole rings is 1. The Hall–Kier alpha value is -3.02. The summed E-state index contributed by atoms with van der Waals surface area (Å²) in [5.41, 5.74) is 2.50. The summed E-state index contributed by atoms with van der Waals surface area (Å²) < 4.78 is 32.1. The van der Waals surface area contributed by atoms with E-state index in [1.54, 1.807) is 41.9 Å². The number of methoxy groups -OCH3 is 1. The van der Waals surface area contributed by atoms with Gasteiger partial charge in [-0.3, -0.25) is 4.79 Å². The first kappa shape index (κ1) is 22.2. The van der Waals surface area contributed by atoms with E-state index >= 15 is 0 Å². The predicted molar refractivity (Wildman–Crippen MR) is 120 cm³/mol. The molecule has 0 unspecified atom stereocenters. The number of benzene rings is 1. The molecule has 11 heteroatoms. The Morgan fingerprint density at radius 2 is 2.03 bits per heavy atom. The number of ether oxygens (including phenoxy) is 1. The Kier molecular flexibility index (Phi) is 6.13. The second-order valence-electron chi connectivity index (χ2n) is 7.41. The van der Waals surface area contributed by atoms with Crippen molar-refractivity contribution in [1.82, 2.24) is 14.3 Å². The number of carbonyl (C=O) groups is 2. The molecular weight excluding hydrogens is 452 g/mol. The Balaban J connectivity index is 1.48. The van der Waals surface area contributed by atoms with E-state index in [-0.39, 0.29) is 11.4 Å². The molecular formula is C21H22N4O5S2. The summed E-state index contributed by atoms with van der Waals surface area (Å²) in [6, 6.07) is 7.41.